The molecule has 35 heavy (non-hydrogen) atoms. The first-order chi connectivity index (χ1) is 16.9. The molecule has 0 atom stereocenters. The van der Waals surface area contributed by atoms with Gasteiger partial charge in [0.25, 0.3) is 0 Å². The number of sulfonamides is 1. The number of piperazine rings is 1. The van der Waals surface area contributed by atoms with Gasteiger partial charge >= 0.3 is 6.03 Å². The van der Waals surface area contributed by atoms with Crippen molar-refractivity contribution in [3.63, 3.8) is 0 Å². The van der Waals surface area contributed by atoms with E-state index in [1.54, 1.807) is 35.6 Å². The van der Waals surface area contributed by atoms with Gasteiger partial charge in [0.1, 0.15) is 0 Å². The lowest BCUT2D eigenvalue weighted by Gasteiger charge is -2.34. The summed E-state index contributed by atoms with van der Waals surface area (Å²) in [4.78, 5) is 16.9. The van der Waals surface area contributed by atoms with Crippen LogP contribution in [0.25, 0.3) is 5.69 Å². The normalized spacial score (nSPS) is 14.9. The highest BCUT2D eigenvalue weighted by atomic mass is 32.2. The summed E-state index contributed by atoms with van der Waals surface area (Å²) in [6.07, 6.45) is 0. The topological polar surface area (TPSA) is 117 Å². The van der Waals surface area contributed by atoms with Crippen molar-refractivity contribution >= 4 is 21.7 Å². The fourth-order valence-electron chi connectivity index (χ4n) is 4.01. The molecule has 11 nitrogen and oxygen atoms in total. The third-order valence-electron chi connectivity index (χ3n) is 6.01. The Labute approximate surface area is 205 Å². The minimum Gasteiger partial charge on any atom is -0.322 e. The molecule has 1 N–H and O–H groups in total. The first kappa shape index (κ1) is 24.8. The molecule has 4 rings (SSSR count). The molecule has 1 aromatic heterocycles. The van der Waals surface area contributed by atoms with Gasteiger partial charge in [0.2, 0.25) is 10.0 Å². The summed E-state index contributed by atoms with van der Waals surface area (Å²) >= 11 is 0. The third-order valence-corrected chi connectivity index (χ3v) is 8.07. The van der Waals surface area contributed by atoms with Crippen LogP contribution in [0.2, 0.25) is 0 Å². The number of urea groups is 1. The van der Waals surface area contributed by atoms with Gasteiger partial charge in [-0.25, -0.2) is 13.2 Å². The van der Waals surface area contributed by atoms with Gasteiger partial charge in [-0.3, -0.25) is 4.90 Å². The predicted molar refractivity (Wildman–Crippen MR) is 132 cm³/mol. The van der Waals surface area contributed by atoms with Crippen molar-refractivity contribution in [1.82, 2.24) is 34.3 Å². The lowest BCUT2D eigenvalue weighted by Crippen LogP contribution is -2.49. The summed E-state index contributed by atoms with van der Waals surface area (Å²) in [5.41, 5.74) is 1.46. The molecule has 0 spiro atoms. The molecule has 2 amide bonds. The molecule has 0 aliphatic carbocycles. The molecular weight excluding hydrogens is 468 g/mol. The number of nitrogens with zero attached hydrogens (tertiary/aromatic N) is 7. The molecule has 2 aromatic carbocycles. The number of amides is 2. The van der Waals surface area contributed by atoms with Crippen LogP contribution in [0.5, 0.6) is 0 Å². The van der Waals surface area contributed by atoms with Crippen LogP contribution in [0, 0.1) is 0 Å². The molecule has 1 aliphatic rings. The molecule has 1 fully saturated rings. The summed E-state index contributed by atoms with van der Waals surface area (Å²) in [6, 6.07) is 15.8. The standard InChI is InChI=1S/C23H30N8O3S/c1-3-30(4-2)35(33,34)21-12-10-19(11-13-21)24-23(32)29-16-14-28(15-17-29)18-22-25-26-27-31(22)20-8-6-5-7-9-20/h5-13H,3-4,14-18H2,1-2H3,(H,24,32). The van der Waals surface area contributed by atoms with Crippen LogP contribution in [-0.2, 0) is 16.6 Å². The SMILES string of the molecule is CCN(CC)S(=O)(=O)c1ccc(NC(=O)N2CCN(Cc3nnnn3-c3ccccc3)CC2)cc1. The third kappa shape index (κ3) is 5.66. The molecule has 12 heteroatoms. The smallest absolute Gasteiger partial charge is 0.321 e. The van der Waals surface area contributed by atoms with Crippen molar-refractivity contribution in [2.45, 2.75) is 25.3 Å². The van der Waals surface area contributed by atoms with E-state index in [1.807, 2.05) is 30.3 Å². The Morgan fingerprint density at radius 1 is 0.971 bits per heavy atom. The molecule has 186 valence electrons. The average Bonchev–Trinajstić information content (AvgIpc) is 3.34. The zero-order valence-corrected chi connectivity index (χ0v) is 20.7. The van der Waals surface area contributed by atoms with Gasteiger partial charge in [0.15, 0.2) is 5.82 Å². The van der Waals surface area contributed by atoms with E-state index in [9.17, 15) is 13.2 Å². The minimum absolute atomic E-state index is 0.210. The lowest BCUT2D eigenvalue weighted by atomic mass is 10.3. The summed E-state index contributed by atoms with van der Waals surface area (Å²) in [5, 5.41) is 14.9. The fourth-order valence-corrected chi connectivity index (χ4v) is 5.47. The second-order valence-electron chi connectivity index (χ2n) is 8.15. The summed E-state index contributed by atoms with van der Waals surface area (Å²) in [7, 11) is -3.53. The van der Waals surface area contributed by atoms with E-state index in [2.05, 4.69) is 25.7 Å². The Hall–Kier alpha value is -3.35. The number of aromatic nitrogens is 4. The van der Waals surface area contributed by atoms with E-state index in [1.165, 1.54) is 16.4 Å². The number of para-hydroxylation sites is 1. The predicted octanol–water partition coefficient (Wildman–Crippen LogP) is 2.04. The molecule has 0 bridgehead atoms. The van der Waals surface area contributed by atoms with Gasteiger partial charge in [0.05, 0.1) is 17.1 Å². The zero-order valence-electron chi connectivity index (χ0n) is 19.9. The molecule has 1 saturated heterocycles. The van der Waals surface area contributed by atoms with Crippen LogP contribution in [-0.4, -0.2) is 88.0 Å². The number of hydrogen-bond acceptors (Lipinski definition) is 7. The fraction of sp³-hybridized carbons (Fsp3) is 0.391. The number of tetrazole rings is 1. The monoisotopic (exact) mass is 498 g/mol. The van der Waals surface area contributed by atoms with Gasteiger partial charge in [-0.15, -0.1) is 5.10 Å². The number of carbonyl (C=O) groups is 1. The molecule has 3 aromatic rings. The first-order valence-corrected chi connectivity index (χ1v) is 13.1. The summed E-state index contributed by atoms with van der Waals surface area (Å²) in [5.74, 6) is 0.744. The van der Waals surface area contributed by atoms with Crippen LogP contribution >= 0.6 is 0 Å². The largest absolute Gasteiger partial charge is 0.322 e. The van der Waals surface area contributed by atoms with Crippen LogP contribution < -0.4 is 5.32 Å². The first-order valence-electron chi connectivity index (χ1n) is 11.6. The van der Waals surface area contributed by atoms with Crippen molar-refractivity contribution < 1.29 is 13.2 Å². The molecular formula is C23H30N8O3S. The average molecular weight is 499 g/mol. The number of rotatable bonds is 8. The molecule has 1 aliphatic heterocycles. The van der Waals surface area contributed by atoms with Crippen molar-refractivity contribution in [3.05, 3.63) is 60.4 Å². The minimum atomic E-state index is -3.53. The number of nitrogens with one attached hydrogen (secondary N) is 1. The van der Waals surface area contributed by atoms with Crippen molar-refractivity contribution in [2.75, 3.05) is 44.6 Å². The van der Waals surface area contributed by atoms with Gasteiger partial charge in [-0.1, -0.05) is 32.0 Å². The van der Waals surface area contributed by atoms with Crippen LogP contribution in [0.15, 0.2) is 59.5 Å². The summed E-state index contributed by atoms with van der Waals surface area (Å²) < 4.78 is 28.4. The number of hydrogen-bond donors (Lipinski definition) is 1. The van der Waals surface area contributed by atoms with Crippen molar-refractivity contribution in [1.29, 1.82) is 0 Å². The van der Waals surface area contributed by atoms with Gasteiger partial charge in [0, 0.05) is 45.0 Å². The number of benzene rings is 2. The molecule has 0 unspecified atom stereocenters. The van der Waals surface area contributed by atoms with Gasteiger partial charge in [-0.05, 0) is 46.8 Å². The van der Waals surface area contributed by atoms with E-state index in [0.29, 0.717) is 51.5 Å². The Balaban J connectivity index is 1.31. The Kier molecular flexibility index (Phi) is 7.73. The van der Waals surface area contributed by atoms with Crippen molar-refractivity contribution in [3.8, 4) is 5.69 Å². The van der Waals surface area contributed by atoms with Crippen LogP contribution in [0.4, 0.5) is 10.5 Å². The van der Waals surface area contributed by atoms with E-state index >= 15 is 0 Å². The number of anilines is 1. The highest BCUT2D eigenvalue weighted by molar-refractivity contribution is 7.89. The quantitative estimate of drug-likeness (QED) is 0.505. The Morgan fingerprint density at radius 3 is 2.26 bits per heavy atom. The Bertz CT molecular complexity index is 1220. The van der Waals surface area contributed by atoms with Gasteiger partial charge in [-0.2, -0.15) is 8.99 Å². The van der Waals surface area contributed by atoms with Crippen LogP contribution in [0.1, 0.15) is 19.7 Å². The molecule has 2 heterocycles. The van der Waals surface area contributed by atoms with Gasteiger partial charge < -0.3 is 10.2 Å². The van der Waals surface area contributed by atoms with E-state index in [0.717, 1.165) is 11.5 Å². The Morgan fingerprint density at radius 2 is 1.63 bits per heavy atom. The maximum Gasteiger partial charge on any atom is 0.321 e. The van der Waals surface area contributed by atoms with Crippen molar-refractivity contribution in [2.24, 2.45) is 0 Å². The lowest BCUT2D eigenvalue weighted by molar-refractivity contribution is 0.140. The maximum absolute atomic E-state index is 12.7. The molecule has 0 saturated carbocycles. The highest BCUT2D eigenvalue weighted by Crippen LogP contribution is 2.19. The summed E-state index contributed by atoms with van der Waals surface area (Å²) in [6.45, 7) is 7.52. The van der Waals surface area contributed by atoms with Crippen LogP contribution in [0.3, 0.4) is 0 Å². The van der Waals surface area contributed by atoms with E-state index in [4.69, 9.17) is 0 Å². The second kappa shape index (κ2) is 10.9. The van der Waals surface area contributed by atoms with E-state index in [-0.39, 0.29) is 10.9 Å². The highest BCUT2D eigenvalue weighted by Gasteiger charge is 2.24. The second-order valence-corrected chi connectivity index (χ2v) is 10.1. The molecule has 0 radical (unpaired) electrons. The zero-order chi connectivity index (χ0) is 24.8. The maximum atomic E-state index is 12.7. The van der Waals surface area contributed by atoms with E-state index < -0.39 is 10.0 Å². The number of carbonyl (C=O) groups excluding carboxylic acids is 1.